The summed E-state index contributed by atoms with van der Waals surface area (Å²) in [5.74, 6) is -0.631. The molecule has 0 radical (unpaired) electrons. The zero-order chi connectivity index (χ0) is 22.8. The minimum absolute atomic E-state index is 0.0250. The molecule has 32 heavy (non-hydrogen) atoms. The Hall–Kier alpha value is -4.17. The highest BCUT2D eigenvalue weighted by Crippen LogP contribution is 2.37. The number of imide groups is 1. The molecule has 0 spiro atoms. The lowest BCUT2D eigenvalue weighted by molar-refractivity contribution is -0.384. The van der Waals surface area contributed by atoms with Crippen molar-refractivity contribution in [2.24, 2.45) is 0 Å². The third kappa shape index (κ3) is 3.79. The number of ether oxygens (including phenoxy) is 1. The number of non-ortho nitro benzene ring substituents is 1. The van der Waals surface area contributed by atoms with Crippen LogP contribution in [0.1, 0.15) is 5.56 Å². The first-order valence-corrected chi connectivity index (χ1v) is 9.82. The average molecular weight is 450 g/mol. The molecule has 8 nitrogen and oxygen atoms in total. The second-order valence-electron chi connectivity index (χ2n) is 6.81. The van der Waals surface area contributed by atoms with Gasteiger partial charge in [0.05, 0.1) is 28.3 Å². The molecule has 1 heterocycles. The molecule has 1 N–H and O–H groups in total. The quantitative estimate of drug-likeness (QED) is 0.334. The van der Waals surface area contributed by atoms with Crippen molar-refractivity contribution in [1.29, 1.82) is 0 Å². The Morgan fingerprint density at radius 1 is 0.969 bits per heavy atom. The van der Waals surface area contributed by atoms with E-state index in [2.05, 4.69) is 5.32 Å². The first-order chi connectivity index (χ1) is 15.4. The SMILES string of the molecule is COc1cccc(NC2=C(c3ccc([N+](=O)[O-])cc3)C(=O)N(c3ccccc3Cl)C2=O)c1. The molecule has 0 saturated heterocycles. The maximum absolute atomic E-state index is 13.4. The molecule has 2 amide bonds. The van der Waals surface area contributed by atoms with Crippen LogP contribution < -0.4 is 15.0 Å². The summed E-state index contributed by atoms with van der Waals surface area (Å²) in [7, 11) is 1.52. The summed E-state index contributed by atoms with van der Waals surface area (Å²) in [4.78, 5) is 38.2. The van der Waals surface area contributed by atoms with E-state index >= 15 is 0 Å². The Kier molecular flexibility index (Phi) is 5.61. The van der Waals surface area contributed by atoms with Gasteiger partial charge in [0, 0.05) is 23.9 Å². The van der Waals surface area contributed by atoms with Crippen molar-refractivity contribution in [1.82, 2.24) is 0 Å². The minimum atomic E-state index is -0.598. The number of amides is 2. The maximum atomic E-state index is 13.4. The smallest absolute Gasteiger partial charge is 0.282 e. The van der Waals surface area contributed by atoms with Gasteiger partial charge in [-0.05, 0) is 42.0 Å². The number of carbonyl (C=O) groups excluding carboxylic acids is 2. The van der Waals surface area contributed by atoms with E-state index in [0.29, 0.717) is 17.0 Å². The van der Waals surface area contributed by atoms with Crippen LogP contribution in [0.4, 0.5) is 17.1 Å². The van der Waals surface area contributed by atoms with Crippen molar-refractivity contribution in [3.8, 4) is 5.75 Å². The topological polar surface area (TPSA) is 102 Å². The number of benzene rings is 3. The van der Waals surface area contributed by atoms with Gasteiger partial charge in [0.1, 0.15) is 11.4 Å². The van der Waals surface area contributed by atoms with Crippen LogP contribution in [-0.2, 0) is 9.59 Å². The van der Waals surface area contributed by atoms with Crippen molar-refractivity contribution in [3.63, 3.8) is 0 Å². The number of halogens is 1. The zero-order valence-electron chi connectivity index (χ0n) is 16.7. The van der Waals surface area contributed by atoms with E-state index in [-0.39, 0.29) is 27.7 Å². The normalized spacial score (nSPS) is 13.5. The number of rotatable bonds is 6. The van der Waals surface area contributed by atoms with Gasteiger partial charge in [-0.2, -0.15) is 0 Å². The fraction of sp³-hybridized carbons (Fsp3) is 0.0435. The van der Waals surface area contributed by atoms with Crippen LogP contribution in [0.5, 0.6) is 5.75 Å². The molecular formula is C23H16ClN3O5. The first kappa shape index (κ1) is 21.1. The molecule has 3 aromatic rings. The van der Waals surface area contributed by atoms with Gasteiger partial charge in [-0.1, -0.05) is 29.8 Å². The molecule has 0 aliphatic carbocycles. The van der Waals surface area contributed by atoms with Gasteiger partial charge >= 0.3 is 0 Å². The van der Waals surface area contributed by atoms with Gasteiger partial charge < -0.3 is 10.1 Å². The number of nitrogens with zero attached hydrogens (tertiary/aromatic N) is 2. The van der Waals surface area contributed by atoms with Gasteiger partial charge in [0.2, 0.25) is 0 Å². The molecule has 3 aromatic carbocycles. The highest BCUT2D eigenvalue weighted by atomic mass is 35.5. The Labute approximate surface area is 187 Å². The Morgan fingerprint density at radius 2 is 1.69 bits per heavy atom. The molecule has 0 fully saturated rings. The molecule has 160 valence electrons. The van der Waals surface area contributed by atoms with Crippen LogP contribution in [0.2, 0.25) is 5.02 Å². The Bertz CT molecular complexity index is 1270. The largest absolute Gasteiger partial charge is 0.497 e. The third-order valence-corrected chi connectivity index (χ3v) is 5.20. The van der Waals surface area contributed by atoms with Crippen LogP contribution in [0.15, 0.2) is 78.5 Å². The number of para-hydroxylation sites is 1. The maximum Gasteiger partial charge on any atom is 0.282 e. The van der Waals surface area contributed by atoms with Gasteiger partial charge in [-0.25, -0.2) is 4.90 Å². The molecule has 0 saturated carbocycles. The summed E-state index contributed by atoms with van der Waals surface area (Å²) >= 11 is 6.26. The van der Waals surface area contributed by atoms with Crippen LogP contribution >= 0.6 is 11.6 Å². The number of nitro benzene ring substituents is 1. The summed E-state index contributed by atoms with van der Waals surface area (Å²) < 4.78 is 5.22. The van der Waals surface area contributed by atoms with Crippen LogP contribution in [0.25, 0.3) is 5.57 Å². The predicted octanol–water partition coefficient (Wildman–Crippen LogP) is 4.65. The molecule has 0 atom stereocenters. The lowest BCUT2D eigenvalue weighted by atomic mass is 10.0. The number of methoxy groups -OCH3 is 1. The molecule has 0 aromatic heterocycles. The number of hydrogen-bond acceptors (Lipinski definition) is 6. The molecule has 9 heteroatoms. The van der Waals surface area contributed by atoms with Crippen molar-refractivity contribution in [2.75, 3.05) is 17.3 Å². The summed E-state index contributed by atoms with van der Waals surface area (Å²) in [6, 6.07) is 18.8. The van der Waals surface area contributed by atoms with E-state index in [1.165, 1.54) is 31.4 Å². The molecule has 1 aliphatic heterocycles. The monoisotopic (exact) mass is 449 g/mol. The van der Waals surface area contributed by atoms with Crippen LogP contribution in [-0.4, -0.2) is 23.8 Å². The fourth-order valence-electron chi connectivity index (χ4n) is 3.36. The molecule has 4 rings (SSSR count). The molecule has 1 aliphatic rings. The first-order valence-electron chi connectivity index (χ1n) is 9.44. The predicted molar refractivity (Wildman–Crippen MR) is 121 cm³/mol. The van der Waals surface area contributed by atoms with E-state index < -0.39 is 16.7 Å². The van der Waals surface area contributed by atoms with E-state index in [1.54, 1.807) is 48.5 Å². The Morgan fingerprint density at radius 3 is 2.34 bits per heavy atom. The third-order valence-electron chi connectivity index (χ3n) is 4.88. The van der Waals surface area contributed by atoms with Crippen molar-refractivity contribution in [3.05, 3.63) is 99.2 Å². The number of nitro groups is 1. The van der Waals surface area contributed by atoms with Crippen LogP contribution in [0.3, 0.4) is 0 Å². The highest BCUT2D eigenvalue weighted by Gasteiger charge is 2.41. The van der Waals surface area contributed by atoms with Gasteiger partial charge in [0.25, 0.3) is 17.5 Å². The number of anilines is 2. The van der Waals surface area contributed by atoms with E-state index in [9.17, 15) is 19.7 Å². The minimum Gasteiger partial charge on any atom is -0.497 e. The fourth-order valence-corrected chi connectivity index (χ4v) is 3.58. The summed E-state index contributed by atoms with van der Waals surface area (Å²) in [5.41, 5.74) is 1.10. The second-order valence-corrected chi connectivity index (χ2v) is 7.22. The van der Waals surface area contributed by atoms with E-state index in [1.807, 2.05) is 0 Å². The van der Waals surface area contributed by atoms with Crippen molar-refractivity contribution < 1.29 is 19.2 Å². The van der Waals surface area contributed by atoms with Crippen molar-refractivity contribution in [2.45, 2.75) is 0 Å². The van der Waals surface area contributed by atoms with Gasteiger partial charge in [-0.15, -0.1) is 0 Å². The lowest BCUT2D eigenvalue weighted by Crippen LogP contribution is -2.32. The van der Waals surface area contributed by atoms with E-state index in [4.69, 9.17) is 16.3 Å². The van der Waals surface area contributed by atoms with Crippen LogP contribution in [0, 0.1) is 10.1 Å². The summed E-state index contributed by atoms with van der Waals surface area (Å²) in [5, 5.41) is 14.3. The number of nitrogens with one attached hydrogen (secondary N) is 1. The standard InChI is InChI=1S/C23H16ClN3O5/c1-32-17-6-4-5-15(13-17)25-21-20(14-9-11-16(12-10-14)27(30)31)22(28)26(23(21)29)19-8-3-2-7-18(19)24/h2-13,25H,1H3. The summed E-state index contributed by atoms with van der Waals surface area (Å²) in [6.07, 6.45) is 0. The van der Waals surface area contributed by atoms with E-state index in [0.717, 1.165) is 4.90 Å². The van der Waals surface area contributed by atoms with Gasteiger partial charge in [0.15, 0.2) is 0 Å². The average Bonchev–Trinajstić information content (AvgIpc) is 3.03. The van der Waals surface area contributed by atoms with Crippen molar-refractivity contribution >= 4 is 46.1 Å². The highest BCUT2D eigenvalue weighted by molar-refractivity contribution is 6.48. The lowest BCUT2D eigenvalue weighted by Gasteiger charge is -2.16. The number of hydrogen-bond donors (Lipinski definition) is 1. The molecule has 0 bridgehead atoms. The second kappa shape index (κ2) is 8.52. The molecule has 0 unspecified atom stereocenters. The zero-order valence-corrected chi connectivity index (χ0v) is 17.5. The van der Waals surface area contributed by atoms with Gasteiger partial charge in [-0.3, -0.25) is 19.7 Å². The summed E-state index contributed by atoms with van der Waals surface area (Å²) in [6.45, 7) is 0. The Balaban J connectivity index is 1.83. The molecular weight excluding hydrogens is 434 g/mol. The number of carbonyl (C=O) groups is 2.